The van der Waals surface area contributed by atoms with Gasteiger partial charge in [-0.2, -0.15) is 0 Å². The first-order valence-corrected chi connectivity index (χ1v) is 8.45. The van der Waals surface area contributed by atoms with Crippen LogP contribution in [0.1, 0.15) is 30.7 Å². The topological polar surface area (TPSA) is 58.6 Å². The Morgan fingerprint density at radius 3 is 2.78 bits per heavy atom. The summed E-state index contributed by atoms with van der Waals surface area (Å²) in [6.07, 6.45) is 2.87. The third-order valence-corrected chi connectivity index (χ3v) is 5.19. The average molecular weight is 314 g/mol. The molecule has 1 saturated carbocycles. The van der Waals surface area contributed by atoms with Crippen LogP contribution in [0.25, 0.3) is 0 Å². The fourth-order valence-corrected chi connectivity index (χ4v) is 3.76. The Bertz CT molecular complexity index is 600. The molecule has 0 spiro atoms. The van der Waals surface area contributed by atoms with Gasteiger partial charge in [0.2, 0.25) is 11.8 Å². The minimum atomic E-state index is -0.112. The fourth-order valence-electron chi connectivity index (χ4n) is 3.76. The lowest BCUT2D eigenvalue weighted by atomic mass is 9.93. The van der Waals surface area contributed by atoms with E-state index < -0.39 is 0 Å². The molecule has 4 rings (SSSR count). The molecule has 23 heavy (non-hydrogen) atoms. The molecule has 0 bridgehead atoms. The molecule has 0 aromatic heterocycles. The molecule has 1 N–H and O–H groups in total. The summed E-state index contributed by atoms with van der Waals surface area (Å²) in [7, 11) is 0. The SMILES string of the molecule is O=C1CO[C@@H]2[C@@H](c3ccccc3)CN(C(=O)CC3CC3)[C@@H]2CN1. The molecule has 3 atom stereocenters. The number of hydrogen-bond donors (Lipinski definition) is 1. The minimum Gasteiger partial charge on any atom is -0.365 e. The maximum absolute atomic E-state index is 12.7. The third kappa shape index (κ3) is 2.98. The number of likely N-dealkylation sites (tertiary alicyclic amines) is 1. The van der Waals surface area contributed by atoms with Gasteiger partial charge in [0.25, 0.3) is 0 Å². The van der Waals surface area contributed by atoms with Gasteiger partial charge in [0, 0.05) is 25.4 Å². The van der Waals surface area contributed by atoms with Gasteiger partial charge in [-0.25, -0.2) is 0 Å². The molecular formula is C18H22N2O3. The van der Waals surface area contributed by atoms with Crippen LogP contribution >= 0.6 is 0 Å². The Hall–Kier alpha value is -1.88. The van der Waals surface area contributed by atoms with E-state index in [1.165, 1.54) is 18.4 Å². The summed E-state index contributed by atoms with van der Waals surface area (Å²) in [6, 6.07) is 10.1. The highest BCUT2D eigenvalue weighted by atomic mass is 16.5. The van der Waals surface area contributed by atoms with Crippen LogP contribution in [0.2, 0.25) is 0 Å². The van der Waals surface area contributed by atoms with Gasteiger partial charge in [0.15, 0.2) is 0 Å². The van der Waals surface area contributed by atoms with Crippen LogP contribution in [-0.2, 0) is 14.3 Å². The molecule has 5 heteroatoms. The van der Waals surface area contributed by atoms with Crippen molar-refractivity contribution in [3.05, 3.63) is 35.9 Å². The van der Waals surface area contributed by atoms with Gasteiger partial charge < -0.3 is 15.0 Å². The van der Waals surface area contributed by atoms with Crippen LogP contribution in [0.5, 0.6) is 0 Å². The fraction of sp³-hybridized carbons (Fsp3) is 0.556. The molecule has 2 amide bonds. The number of amides is 2. The van der Waals surface area contributed by atoms with Gasteiger partial charge in [-0.1, -0.05) is 30.3 Å². The van der Waals surface area contributed by atoms with E-state index in [1.54, 1.807) is 0 Å². The monoisotopic (exact) mass is 314 g/mol. The second-order valence-corrected chi connectivity index (χ2v) is 6.86. The number of fused-ring (bicyclic) bond motifs is 1. The van der Waals surface area contributed by atoms with Crippen molar-refractivity contribution in [2.45, 2.75) is 37.3 Å². The van der Waals surface area contributed by atoms with Crippen molar-refractivity contribution >= 4 is 11.8 Å². The third-order valence-electron chi connectivity index (χ3n) is 5.19. The van der Waals surface area contributed by atoms with Crippen molar-refractivity contribution in [2.75, 3.05) is 19.7 Å². The molecule has 3 aliphatic rings. The largest absolute Gasteiger partial charge is 0.365 e. The van der Waals surface area contributed by atoms with E-state index in [-0.39, 0.29) is 36.5 Å². The van der Waals surface area contributed by atoms with Crippen molar-refractivity contribution in [1.82, 2.24) is 10.2 Å². The first kappa shape index (κ1) is 14.7. The molecule has 1 aliphatic carbocycles. The van der Waals surface area contributed by atoms with Crippen LogP contribution in [0.3, 0.4) is 0 Å². The molecular weight excluding hydrogens is 292 g/mol. The zero-order chi connectivity index (χ0) is 15.8. The highest BCUT2D eigenvalue weighted by Crippen LogP contribution is 2.38. The lowest BCUT2D eigenvalue weighted by Crippen LogP contribution is -2.45. The van der Waals surface area contributed by atoms with Gasteiger partial charge in [0.1, 0.15) is 6.61 Å². The molecule has 2 saturated heterocycles. The van der Waals surface area contributed by atoms with Gasteiger partial charge in [-0.05, 0) is 24.3 Å². The number of nitrogens with zero attached hydrogens (tertiary/aromatic N) is 1. The van der Waals surface area contributed by atoms with Crippen molar-refractivity contribution in [3.63, 3.8) is 0 Å². The molecule has 2 heterocycles. The second kappa shape index (κ2) is 5.96. The molecule has 2 aliphatic heterocycles. The highest BCUT2D eigenvalue weighted by Gasteiger charge is 2.47. The Kier molecular flexibility index (Phi) is 3.81. The summed E-state index contributed by atoms with van der Waals surface area (Å²) < 4.78 is 5.90. The number of nitrogens with one attached hydrogen (secondary N) is 1. The summed E-state index contributed by atoms with van der Waals surface area (Å²) in [5, 5.41) is 2.88. The molecule has 1 aromatic carbocycles. The summed E-state index contributed by atoms with van der Waals surface area (Å²) >= 11 is 0. The second-order valence-electron chi connectivity index (χ2n) is 6.86. The predicted octanol–water partition coefficient (Wildman–Crippen LogP) is 1.30. The number of rotatable bonds is 3. The van der Waals surface area contributed by atoms with Crippen molar-refractivity contribution < 1.29 is 14.3 Å². The quantitative estimate of drug-likeness (QED) is 0.915. The first-order chi connectivity index (χ1) is 11.2. The Balaban J connectivity index is 1.59. The number of benzene rings is 1. The smallest absolute Gasteiger partial charge is 0.246 e. The van der Waals surface area contributed by atoms with E-state index in [9.17, 15) is 9.59 Å². The molecule has 5 nitrogen and oxygen atoms in total. The normalized spacial score (nSPS) is 30.5. The maximum Gasteiger partial charge on any atom is 0.246 e. The van der Waals surface area contributed by atoms with E-state index in [0.29, 0.717) is 25.4 Å². The van der Waals surface area contributed by atoms with E-state index >= 15 is 0 Å². The van der Waals surface area contributed by atoms with Crippen LogP contribution in [-0.4, -0.2) is 48.6 Å². The van der Waals surface area contributed by atoms with Crippen molar-refractivity contribution in [2.24, 2.45) is 5.92 Å². The lowest BCUT2D eigenvalue weighted by molar-refractivity contribution is -0.133. The van der Waals surface area contributed by atoms with Crippen LogP contribution in [0.15, 0.2) is 30.3 Å². The van der Waals surface area contributed by atoms with Crippen LogP contribution in [0, 0.1) is 5.92 Å². The van der Waals surface area contributed by atoms with Gasteiger partial charge in [-0.15, -0.1) is 0 Å². The zero-order valence-corrected chi connectivity index (χ0v) is 13.1. The number of carbonyl (C=O) groups is 2. The predicted molar refractivity (Wildman–Crippen MR) is 84.8 cm³/mol. The average Bonchev–Trinajstić information content (AvgIpc) is 3.33. The Labute approximate surface area is 136 Å². The minimum absolute atomic E-state index is 0.0575. The van der Waals surface area contributed by atoms with Gasteiger partial charge >= 0.3 is 0 Å². The van der Waals surface area contributed by atoms with Crippen LogP contribution < -0.4 is 5.32 Å². The summed E-state index contributed by atoms with van der Waals surface area (Å²) in [4.78, 5) is 26.3. The molecule has 1 aromatic rings. The van der Waals surface area contributed by atoms with Gasteiger partial charge in [-0.3, -0.25) is 9.59 Å². The number of carbonyl (C=O) groups excluding carboxylic acids is 2. The summed E-state index contributed by atoms with van der Waals surface area (Å²) in [6.45, 7) is 1.25. The Morgan fingerprint density at radius 2 is 2.04 bits per heavy atom. The van der Waals surface area contributed by atoms with Gasteiger partial charge in [0.05, 0.1) is 12.1 Å². The standard InChI is InChI=1S/C18H22N2O3/c21-16-11-23-18-14(13-4-2-1-3-5-13)10-20(15(18)9-19-16)17(22)8-12-6-7-12/h1-5,12,14-15,18H,6-11H2,(H,19,21)/t14-,15-,18-/m1/s1. The molecule has 0 radical (unpaired) electrons. The number of ether oxygens (including phenoxy) is 1. The molecule has 0 unspecified atom stereocenters. The first-order valence-electron chi connectivity index (χ1n) is 8.45. The van der Waals surface area contributed by atoms with Crippen LogP contribution in [0.4, 0.5) is 0 Å². The van der Waals surface area contributed by atoms with E-state index in [2.05, 4.69) is 17.4 Å². The summed E-state index contributed by atoms with van der Waals surface area (Å²) in [5.41, 5.74) is 1.18. The zero-order valence-electron chi connectivity index (χ0n) is 13.1. The highest BCUT2D eigenvalue weighted by molar-refractivity contribution is 5.79. The molecule has 122 valence electrons. The van der Waals surface area contributed by atoms with Crippen molar-refractivity contribution in [1.29, 1.82) is 0 Å². The molecule has 3 fully saturated rings. The Morgan fingerprint density at radius 1 is 1.26 bits per heavy atom. The van der Waals surface area contributed by atoms with E-state index in [0.717, 1.165) is 0 Å². The summed E-state index contributed by atoms with van der Waals surface area (Å²) in [5.74, 6) is 0.816. The van der Waals surface area contributed by atoms with Crippen molar-refractivity contribution in [3.8, 4) is 0 Å². The lowest BCUT2D eigenvalue weighted by Gasteiger charge is -2.26. The maximum atomic E-state index is 12.7. The van der Waals surface area contributed by atoms with E-state index in [4.69, 9.17) is 4.74 Å². The number of hydrogen-bond acceptors (Lipinski definition) is 3. The van der Waals surface area contributed by atoms with E-state index in [1.807, 2.05) is 23.1 Å².